The number of rotatable bonds is 4. The molecule has 9 heteroatoms. The summed E-state index contributed by atoms with van der Waals surface area (Å²) in [6.07, 6.45) is 1.06. The van der Waals surface area contributed by atoms with Gasteiger partial charge < -0.3 is 16.9 Å². The second-order valence-electron chi connectivity index (χ2n) is 4.58. The van der Waals surface area contributed by atoms with Crippen molar-refractivity contribution in [3.05, 3.63) is 29.8 Å². The molecule has 0 spiro atoms. The summed E-state index contributed by atoms with van der Waals surface area (Å²) in [5.41, 5.74) is 13.8. The molecular formula is C11H15N5O3S. The van der Waals surface area contributed by atoms with Crippen LogP contribution in [0.2, 0.25) is 0 Å². The first-order valence-electron chi connectivity index (χ1n) is 5.70. The van der Waals surface area contributed by atoms with Crippen molar-refractivity contribution in [2.24, 2.45) is 16.6 Å². The van der Waals surface area contributed by atoms with Crippen molar-refractivity contribution in [3.8, 4) is 0 Å². The van der Waals surface area contributed by atoms with Gasteiger partial charge in [-0.15, -0.1) is 0 Å². The van der Waals surface area contributed by atoms with Crippen molar-refractivity contribution in [2.75, 3.05) is 17.5 Å². The number of nitrogens with zero attached hydrogens (tertiary/aromatic N) is 1. The highest BCUT2D eigenvalue weighted by Gasteiger charge is 2.42. The molecule has 2 rings (SSSR count). The predicted octanol–water partition coefficient (Wildman–Crippen LogP) is -1.45. The Morgan fingerprint density at radius 3 is 2.50 bits per heavy atom. The summed E-state index contributed by atoms with van der Waals surface area (Å²) in [7, 11) is -3.34. The molecule has 1 unspecified atom stereocenters. The Bertz CT molecular complexity index is 668. The first-order chi connectivity index (χ1) is 9.22. The largest absolute Gasteiger partial charge is 0.368 e. The van der Waals surface area contributed by atoms with Gasteiger partial charge in [0.15, 0.2) is 5.54 Å². The summed E-state index contributed by atoms with van der Waals surface area (Å²) >= 11 is 0. The number of benzene rings is 1. The summed E-state index contributed by atoms with van der Waals surface area (Å²) in [5.74, 6) is -0.681. The van der Waals surface area contributed by atoms with E-state index in [4.69, 9.17) is 11.5 Å². The van der Waals surface area contributed by atoms with E-state index in [-0.39, 0.29) is 6.54 Å². The predicted molar refractivity (Wildman–Crippen MR) is 75.6 cm³/mol. The van der Waals surface area contributed by atoms with Crippen molar-refractivity contribution in [2.45, 2.75) is 5.54 Å². The van der Waals surface area contributed by atoms with Gasteiger partial charge in [0, 0.05) is 11.3 Å². The van der Waals surface area contributed by atoms with Crippen molar-refractivity contribution in [3.63, 3.8) is 0 Å². The lowest BCUT2D eigenvalue weighted by atomic mass is 9.89. The molecule has 1 amide bonds. The van der Waals surface area contributed by atoms with E-state index in [0.717, 1.165) is 6.26 Å². The minimum absolute atomic E-state index is 0.126. The summed E-state index contributed by atoms with van der Waals surface area (Å²) in [5, 5.41) is 3.99. The van der Waals surface area contributed by atoms with E-state index >= 15 is 0 Å². The lowest BCUT2D eigenvalue weighted by Gasteiger charge is -2.20. The van der Waals surface area contributed by atoms with E-state index in [1.54, 1.807) is 24.3 Å². The monoisotopic (exact) mass is 297 g/mol. The van der Waals surface area contributed by atoms with Gasteiger partial charge in [-0.25, -0.2) is 8.42 Å². The highest BCUT2D eigenvalue weighted by molar-refractivity contribution is 7.92. The number of nitrogens with two attached hydrogens (primary N) is 2. The van der Waals surface area contributed by atoms with Crippen LogP contribution in [0, 0.1) is 0 Å². The fourth-order valence-electron chi connectivity index (χ4n) is 1.86. The van der Waals surface area contributed by atoms with Crippen LogP contribution in [0.1, 0.15) is 5.56 Å². The number of hydrogen-bond donors (Lipinski definition) is 4. The van der Waals surface area contributed by atoms with Crippen molar-refractivity contribution >= 4 is 27.3 Å². The van der Waals surface area contributed by atoms with Crippen LogP contribution in [0.5, 0.6) is 0 Å². The van der Waals surface area contributed by atoms with Gasteiger partial charge in [-0.1, -0.05) is 12.1 Å². The second-order valence-corrected chi connectivity index (χ2v) is 6.33. The molecule has 0 aliphatic carbocycles. The van der Waals surface area contributed by atoms with Crippen LogP contribution in [-0.4, -0.2) is 38.4 Å². The van der Waals surface area contributed by atoms with Crippen LogP contribution in [0.15, 0.2) is 29.4 Å². The lowest BCUT2D eigenvalue weighted by Crippen LogP contribution is -2.59. The average Bonchev–Trinajstić information content (AvgIpc) is 2.72. The average molecular weight is 297 g/mol. The third-order valence-corrected chi connectivity index (χ3v) is 3.48. The second kappa shape index (κ2) is 4.76. The number of sulfonamides is 1. The number of carbonyl (C=O) groups is 1. The van der Waals surface area contributed by atoms with Gasteiger partial charge in [-0.2, -0.15) is 5.10 Å². The zero-order valence-electron chi connectivity index (χ0n) is 10.8. The number of carbonyl (C=O) groups excluding carboxylic acids is 1. The molecule has 0 bridgehead atoms. The molecule has 1 atom stereocenters. The van der Waals surface area contributed by atoms with E-state index in [9.17, 15) is 13.2 Å². The van der Waals surface area contributed by atoms with Gasteiger partial charge in [-0.05, 0) is 12.1 Å². The van der Waals surface area contributed by atoms with Crippen LogP contribution in [-0.2, 0) is 14.8 Å². The maximum Gasteiger partial charge on any atom is 0.245 e. The Morgan fingerprint density at radius 2 is 2.00 bits per heavy atom. The Morgan fingerprint density at radius 1 is 1.40 bits per heavy atom. The highest BCUT2D eigenvalue weighted by atomic mass is 32.2. The number of anilines is 1. The normalized spacial score (nSPS) is 22.0. The smallest absolute Gasteiger partial charge is 0.245 e. The summed E-state index contributed by atoms with van der Waals surface area (Å²) in [6, 6.07) is 6.34. The molecular weight excluding hydrogens is 282 g/mol. The fourth-order valence-corrected chi connectivity index (χ4v) is 2.43. The Labute approximate surface area is 116 Å². The molecule has 6 N–H and O–H groups in total. The van der Waals surface area contributed by atoms with Crippen LogP contribution < -0.4 is 21.6 Å². The number of hydrogen-bond acceptors (Lipinski definition) is 6. The SMILES string of the molecule is CS(=O)(=O)Nc1ccc(C2=NNCC2(N)C(N)=O)cc1. The first-order valence-corrected chi connectivity index (χ1v) is 7.59. The Kier molecular flexibility index (Phi) is 3.40. The van der Waals surface area contributed by atoms with Crippen molar-refractivity contribution in [1.82, 2.24) is 5.43 Å². The topological polar surface area (TPSA) is 140 Å². The number of nitrogens with one attached hydrogen (secondary N) is 2. The summed E-state index contributed by atoms with van der Waals surface area (Å²) in [4.78, 5) is 11.4. The molecule has 1 aliphatic rings. The molecule has 8 nitrogen and oxygen atoms in total. The fraction of sp³-hybridized carbons (Fsp3) is 0.273. The summed E-state index contributed by atoms with van der Waals surface area (Å²) < 4.78 is 24.6. The molecule has 0 fully saturated rings. The van der Waals surface area contributed by atoms with Crippen molar-refractivity contribution < 1.29 is 13.2 Å². The molecule has 1 heterocycles. The van der Waals surface area contributed by atoms with E-state index < -0.39 is 21.5 Å². The zero-order valence-corrected chi connectivity index (χ0v) is 11.6. The van der Waals surface area contributed by atoms with Crippen LogP contribution in [0.4, 0.5) is 5.69 Å². The van der Waals surface area contributed by atoms with Gasteiger partial charge in [-0.3, -0.25) is 9.52 Å². The van der Waals surface area contributed by atoms with Gasteiger partial charge >= 0.3 is 0 Å². The minimum atomic E-state index is -3.34. The van der Waals surface area contributed by atoms with Gasteiger partial charge in [0.05, 0.1) is 18.5 Å². The molecule has 1 aromatic rings. The molecule has 20 heavy (non-hydrogen) atoms. The van der Waals surface area contributed by atoms with E-state index in [1.807, 2.05) is 0 Å². The van der Waals surface area contributed by atoms with Gasteiger partial charge in [0.25, 0.3) is 0 Å². The summed E-state index contributed by atoms with van der Waals surface area (Å²) in [6.45, 7) is 0.126. The van der Waals surface area contributed by atoms with Crippen molar-refractivity contribution in [1.29, 1.82) is 0 Å². The molecule has 1 aromatic carbocycles. The number of hydrazone groups is 1. The number of amides is 1. The van der Waals surface area contributed by atoms with Crippen LogP contribution >= 0.6 is 0 Å². The van der Waals surface area contributed by atoms with E-state index in [2.05, 4.69) is 15.2 Å². The van der Waals surface area contributed by atoms with Crippen LogP contribution in [0.3, 0.4) is 0 Å². The van der Waals surface area contributed by atoms with E-state index in [0.29, 0.717) is 17.0 Å². The molecule has 0 radical (unpaired) electrons. The third-order valence-electron chi connectivity index (χ3n) is 2.87. The zero-order chi connectivity index (χ0) is 15.0. The first kappa shape index (κ1) is 14.3. The molecule has 0 saturated carbocycles. The Balaban J connectivity index is 2.29. The van der Waals surface area contributed by atoms with Crippen LogP contribution in [0.25, 0.3) is 0 Å². The maximum absolute atomic E-state index is 11.4. The molecule has 0 saturated heterocycles. The highest BCUT2D eigenvalue weighted by Crippen LogP contribution is 2.18. The molecule has 108 valence electrons. The standard InChI is InChI=1S/C11H15N5O3S/c1-20(18,19)16-8-4-2-7(3-5-8)9-11(13,10(12)17)6-14-15-9/h2-5,14,16H,6,13H2,1H3,(H2,12,17). The van der Waals surface area contributed by atoms with Gasteiger partial charge in [0.2, 0.25) is 15.9 Å². The van der Waals surface area contributed by atoms with Gasteiger partial charge in [0.1, 0.15) is 0 Å². The van der Waals surface area contributed by atoms with E-state index in [1.165, 1.54) is 0 Å². The lowest BCUT2D eigenvalue weighted by molar-refractivity contribution is -0.120. The molecule has 0 aromatic heterocycles. The Hall–Kier alpha value is -2.13. The number of primary amides is 1. The third kappa shape index (κ3) is 2.73. The maximum atomic E-state index is 11.4. The molecule has 1 aliphatic heterocycles. The minimum Gasteiger partial charge on any atom is -0.368 e. The quantitative estimate of drug-likeness (QED) is 0.538.